The molecule has 3 heteroatoms. The molecule has 2 rings (SSSR count). The van der Waals surface area contributed by atoms with Crippen molar-refractivity contribution in [2.75, 3.05) is 13.6 Å². The van der Waals surface area contributed by atoms with Gasteiger partial charge >= 0.3 is 0 Å². The largest absolute Gasteiger partial charge is 0.302 e. The lowest BCUT2D eigenvalue weighted by molar-refractivity contribution is 0.208. The molecule has 1 aromatic rings. The quantitative estimate of drug-likeness (QED) is 0.761. The third-order valence-electron chi connectivity index (χ3n) is 3.09. The zero-order chi connectivity index (χ0) is 11.5. The Morgan fingerprint density at radius 3 is 2.81 bits per heavy atom. The van der Waals surface area contributed by atoms with Crippen LogP contribution in [0.2, 0.25) is 5.02 Å². The predicted molar refractivity (Wildman–Crippen MR) is 73.2 cm³/mol. The summed E-state index contributed by atoms with van der Waals surface area (Å²) >= 11 is 9.60. The van der Waals surface area contributed by atoms with Gasteiger partial charge in [0.1, 0.15) is 0 Å². The fraction of sp³-hybridized carbons (Fsp3) is 0.538. The normalized spacial score (nSPS) is 24.5. The average molecular weight is 303 g/mol. The van der Waals surface area contributed by atoms with Crippen LogP contribution in [0.4, 0.5) is 0 Å². The monoisotopic (exact) mass is 301 g/mol. The van der Waals surface area contributed by atoms with E-state index in [4.69, 9.17) is 11.6 Å². The highest BCUT2D eigenvalue weighted by atomic mass is 79.9. The third kappa shape index (κ3) is 3.47. The second kappa shape index (κ2) is 5.52. The maximum Gasteiger partial charge on any atom is 0.0409 e. The highest BCUT2D eigenvalue weighted by Gasteiger charge is 2.27. The highest BCUT2D eigenvalue weighted by Crippen LogP contribution is 2.33. The summed E-state index contributed by atoms with van der Waals surface area (Å²) in [4.78, 5) is 3.15. The van der Waals surface area contributed by atoms with Crippen LogP contribution >= 0.6 is 27.5 Å². The SMILES string of the molecule is CN(Cc1cccc(Cl)c1)CC1CC(Br)C1. The van der Waals surface area contributed by atoms with Gasteiger partial charge in [-0.05, 0) is 43.5 Å². The fourth-order valence-electron chi connectivity index (χ4n) is 2.26. The first-order valence-electron chi connectivity index (χ1n) is 5.70. The molecule has 0 spiro atoms. The molecule has 0 atom stereocenters. The zero-order valence-electron chi connectivity index (χ0n) is 9.50. The van der Waals surface area contributed by atoms with Crippen molar-refractivity contribution in [2.45, 2.75) is 24.2 Å². The first-order valence-corrected chi connectivity index (χ1v) is 7.00. The molecule has 0 saturated heterocycles. The number of halogens is 2. The minimum absolute atomic E-state index is 0.761. The van der Waals surface area contributed by atoms with Gasteiger partial charge in [0.2, 0.25) is 0 Å². The zero-order valence-corrected chi connectivity index (χ0v) is 11.8. The van der Waals surface area contributed by atoms with E-state index in [2.05, 4.69) is 33.9 Å². The molecule has 1 fully saturated rings. The molecule has 1 aliphatic carbocycles. The van der Waals surface area contributed by atoms with Crippen molar-refractivity contribution >= 4 is 27.5 Å². The Labute approximate surface area is 111 Å². The third-order valence-corrected chi connectivity index (χ3v) is 4.07. The van der Waals surface area contributed by atoms with Crippen LogP contribution in [0.15, 0.2) is 24.3 Å². The summed E-state index contributed by atoms with van der Waals surface area (Å²) in [5.74, 6) is 0.869. The van der Waals surface area contributed by atoms with Crippen LogP contribution < -0.4 is 0 Å². The molecule has 1 nitrogen and oxygen atoms in total. The summed E-state index contributed by atoms with van der Waals surface area (Å²) < 4.78 is 0. The fourth-order valence-corrected chi connectivity index (χ4v) is 3.53. The van der Waals surface area contributed by atoms with E-state index in [0.717, 1.165) is 22.3 Å². The lowest BCUT2D eigenvalue weighted by atomic mass is 9.85. The molecule has 16 heavy (non-hydrogen) atoms. The first-order chi connectivity index (χ1) is 7.63. The van der Waals surface area contributed by atoms with Gasteiger partial charge < -0.3 is 4.90 Å². The minimum atomic E-state index is 0.761. The summed E-state index contributed by atoms with van der Waals surface area (Å²) in [6.45, 7) is 2.18. The van der Waals surface area contributed by atoms with Gasteiger partial charge in [-0.25, -0.2) is 0 Å². The molecule has 0 aliphatic heterocycles. The van der Waals surface area contributed by atoms with Crippen molar-refractivity contribution in [2.24, 2.45) is 5.92 Å². The van der Waals surface area contributed by atoms with Gasteiger partial charge in [-0.2, -0.15) is 0 Å². The van der Waals surface area contributed by atoms with Crippen LogP contribution in [-0.2, 0) is 6.54 Å². The van der Waals surface area contributed by atoms with E-state index in [0.29, 0.717) is 0 Å². The number of rotatable bonds is 4. The van der Waals surface area contributed by atoms with Crippen molar-refractivity contribution < 1.29 is 0 Å². The number of hydrogen-bond acceptors (Lipinski definition) is 1. The average Bonchev–Trinajstić information content (AvgIpc) is 2.15. The lowest BCUT2D eigenvalue weighted by Crippen LogP contribution is -2.34. The van der Waals surface area contributed by atoms with E-state index in [-0.39, 0.29) is 0 Å². The first kappa shape index (κ1) is 12.4. The van der Waals surface area contributed by atoms with E-state index in [1.807, 2.05) is 18.2 Å². The van der Waals surface area contributed by atoms with Crippen LogP contribution in [0.5, 0.6) is 0 Å². The van der Waals surface area contributed by atoms with E-state index in [1.54, 1.807) is 0 Å². The molecule has 88 valence electrons. The Balaban J connectivity index is 1.80. The van der Waals surface area contributed by atoms with Gasteiger partial charge in [0.25, 0.3) is 0 Å². The van der Waals surface area contributed by atoms with Crippen LogP contribution in [0, 0.1) is 5.92 Å². The van der Waals surface area contributed by atoms with E-state index < -0.39 is 0 Å². The van der Waals surface area contributed by atoms with E-state index >= 15 is 0 Å². The summed E-state index contributed by atoms with van der Waals surface area (Å²) in [5, 5.41) is 0.829. The van der Waals surface area contributed by atoms with Crippen molar-refractivity contribution in [3.8, 4) is 0 Å². The van der Waals surface area contributed by atoms with Crippen molar-refractivity contribution in [1.82, 2.24) is 4.90 Å². The Morgan fingerprint density at radius 2 is 2.19 bits per heavy atom. The molecule has 0 bridgehead atoms. The number of alkyl halides is 1. The molecule has 0 radical (unpaired) electrons. The molecular weight excluding hydrogens is 286 g/mol. The van der Waals surface area contributed by atoms with Gasteiger partial charge in [0, 0.05) is 22.9 Å². The second-order valence-corrected chi connectivity index (χ2v) is 6.49. The number of hydrogen-bond donors (Lipinski definition) is 0. The predicted octanol–water partition coefficient (Wildman–Crippen LogP) is 3.95. The topological polar surface area (TPSA) is 3.24 Å². The maximum atomic E-state index is 5.97. The molecular formula is C13H17BrClN. The van der Waals surface area contributed by atoms with Crippen molar-refractivity contribution in [3.05, 3.63) is 34.9 Å². The maximum absolute atomic E-state index is 5.97. The van der Waals surface area contributed by atoms with Crippen molar-refractivity contribution in [1.29, 1.82) is 0 Å². The molecule has 1 saturated carbocycles. The molecule has 1 aliphatic rings. The Morgan fingerprint density at radius 1 is 1.44 bits per heavy atom. The van der Waals surface area contributed by atoms with Gasteiger partial charge in [-0.15, -0.1) is 0 Å². The summed E-state index contributed by atoms with van der Waals surface area (Å²) in [7, 11) is 2.18. The summed E-state index contributed by atoms with van der Waals surface area (Å²) in [6, 6.07) is 8.12. The summed E-state index contributed by atoms with van der Waals surface area (Å²) in [6.07, 6.45) is 2.64. The van der Waals surface area contributed by atoms with Gasteiger partial charge in [0.05, 0.1) is 0 Å². The molecule has 0 unspecified atom stereocenters. The van der Waals surface area contributed by atoms with Crippen LogP contribution in [0.1, 0.15) is 18.4 Å². The number of benzene rings is 1. The molecule has 0 amide bonds. The minimum Gasteiger partial charge on any atom is -0.302 e. The Bertz CT molecular complexity index is 350. The van der Waals surface area contributed by atoms with Gasteiger partial charge in [-0.1, -0.05) is 39.7 Å². The molecule has 0 N–H and O–H groups in total. The molecule has 0 heterocycles. The van der Waals surface area contributed by atoms with E-state index in [9.17, 15) is 0 Å². The molecule has 0 aromatic heterocycles. The lowest BCUT2D eigenvalue weighted by Gasteiger charge is -2.34. The summed E-state index contributed by atoms with van der Waals surface area (Å²) in [5.41, 5.74) is 1.30. The van der Waals surface area contributed by atoms with Crippen LogP contribution in [-0.4, -0.2) is 23.3 Å². The van der Waals surface area contributed by atoms with Gasteiger partial charge in [-0.3, -0.25) is 0 Å². The van der Waals surface area contributed by atoms with Crippen LogP contribution in [0.3, 0.4) is 0 Å². The second-order valence-electron chi connectivity index (χ2n) is 4.76. The Hall–Kier alpha value is -0.0500. The molecule has 1 aromatic carbocycles. The van der Waals surface area contributed by atoms with E-state index in [1.165, 1.54) is 24.9 Å². The number of nitrogens with zero attached hydrogens (tertiary/aromatic N) is 1. The highest BCUT2D eigenvalue weighted by molar-refractivity contribution is 9.09. The smallest absolute Gasteiger partial charge is 0.0409 e. The Kier molecular flexibility index (Phi) is 4.28. The van der Waals surface area contributed by atoms with Crippen LogP contribution in [0.25, 0.3) is 0 Å². The standard InChI is InChI=1S/C13H17BrClN/c1-16(9-11-5-12(14)6-11)8-10-3-2-4-13(15)7-10/h2-4,7,11-12H,5-6,8-9H2,1H3. The van der Waals surface area contributed by atoms with Gasteiger partial charge in [0.15, 0.2) is 0 Å². The van der Waals surface area contributed by atoms with Crippen molar-refractivity contribution in [3.63, 3.8) is 0 Å².